The van der Waals surface area contributed by atoms with Crippen LogP contribution in [-0.4, -0.2) is 16.6 Å². The van der Waals surface area contributed by atoms with E-state index in [0.717, 1.165) is 0 Å². The second kappa shape index (κ2) is 5.77. The van der Waals surface area contributed by atoms with Crippen LogP contribution in [0.25, 0.3) is 0 Å². The highest BCUT2D eigenvalue weighted by atomic mass is 79.9. The number of benzene rings is 1. The Hall–Kier alpha value is -0.690. The monoisotopic (exact) mass is 328 g/mol. The molecule has 0 saturated heterocycles. The second-order valence-corrected chi connectivity index (χ2v) is 5.19. The van der Waals surface area contributed by atoms with Crippen LogP contribution >= 0.6 is 27.7 Å². The molecule has 0 aliphatic rings. The number of carboxylic acid groups (broad SMARTS) is 1. The maximum Gasteiger partial charge on any atom is 0.446 e. The highest BCUT2D eigenvalue weighted by molar-refractivity contribution is 9.10. The summed E-state index contributed by atoms with van der Waals surface area (Å²) in [5, 5.41) is 8.50. The number of thioether (sulfide) groups is 1. The average Bonchev–Trinajstić information content (AvgIpc) is 2.13. The van der Waals surface area contributed by atoms with Crippen LogP contribution in [0.1, 0.15) is 12.0 Å². The summed E-state index contributed by atoms with van der Waals surface area (Å²) in [6.07, 6.45) is 0.233. The van der Waals surface area contributed by atoms with Crippen molar-refractivity contribution in [2.45, 2.75) is 23.2 Å². The molecule has 0 amide bonds. The minimum absolute atomic E-state index is 0.0512. The molecule has 0 spiro atoms. The Morgan fingerprint density at radius 2 is 2.06 bits per heavy atom. The minimum Gasteiger partial charge on any atom is -0.481 e. The largest absolute Gasteiger partial charge is 0.481 e. The maximum atomic E-state index is 12.1. The molecule has 7 heteroatoms. The van der Waals surface area contributed by atoms with Gasteiger partial charge in [0.25, 0.3) is 0 Å². The Labute approximate surface area is 108 Å². The fourth-order valence-corrected chi connectivity index (χ4v) is 2.48. The summed E-state index contributed by atoms with van der Waals surface area (Å²) in [7, 11) is 0. The molecule has 1 N–H and O–H groups in total. The van der Waals surface area contributed by atoms with Gasteiger partial charge in [-0.1, -0.05) is 22.0 Å². The van der Waals surface area contributed by atoms with Gasteiger partial charge in [-0.2, -0.15) is 13.2 Å². The fourth-order valence-electron chi connectivity index (χ4n) is 1.17. The quantitative estimate of drug-likeness (QED) is 0.846. The van der Waals surface area contributed by atoms with Gasteiger partial charge in [0.1, 0.15) is 0 Å². The third-order valence-corrected chi connectivity index (χ3v) is 3.33. The molecule has 0 radical (unpaired) electrons. The van der Waals surface area contributed by atoms with Crippen molar-refractivity contribution in [3.05, 3.63) is 28.2 Å². The van der Waals surface area contributed by atoms with E-state index in [-0.39, 0.29) is 29.5 Å². The summed E-state index contributed by atoms with van der Waals surface area (Å²) in [6, 6.07) is 4.18. The highest BCUT2D eigenvalue weighted by Crippen LogP contribution is 2.38. The number of hydrogen-bond acceptors (Lipinski definition) is 2. The zero-order valence-electron chi connectivity index (χ0n) is 8.42. The molecule has 2 nitrogen and oxygen atoms in total. The first-order valence-electron chi connectivity index (χ1n) is 4.54. The normalized spacial score (nSPS) is 11.5. The van der Waals surface area contributed by atoms with E-state index in [1.54, 1.807) is 0 Å². The first kappa shape index (κ1) is 14.4. The number of carbonyl (C=O) groups is 1. The summed E-state index contributed by atoms with van der Waals surface area (Å²) in [4.78, 5) is 10.4. The Bertz CT molecular complexity index is 421. The van der Waals surface area contributed by atoms with E-state index in [2.05, 4.69) is 15.9 Å². The number of alkyl halides is 3. The summed E-state index contributed by atoms with van der Waals surface area (Å²) in [5.74, 6) is -0.939. The number of carboxylic acids is 1. The average molecular weight is 329 g/mol. The fraction of sp³-hybridized carbons (Fsp3) is 0.300. The van der Waals surface area contributed by atoms with Crippen LogP contribution in [0, 0.1) is 0 Å². The van der Waals surface area contributed by atoms with Crippen LogP contribution in [0.3, 0.4) is 0 Å². The third-order valence-electron chi connectivity index (χ3n) is 1.87. The van der Waals surface area contributed by atoms with Crippen molar-refractivity contribution >= 4 is 33.7 Å². The van der Waals surface area contributed by atoms with Gasteiger partial charge in [0.15, 0.2) is 0 Å². The molecule has 94 valence electrons. The number of hydrogen-bond donors (Lipinski definition) is 1. The van der Waals surface area contributed by atoms with Gasteiger partial charge in [-0.15, -0.1) is 0 Å². The molecule has 0 aliphatic carbocycles. The van der Waals surface area contributed by atoms with Gasteiger partial charge in [0.2, 0.25) is 0 Å². The van der Waals surface area contributed by atoms with E-state index in [9.17, 15) is 18.0 Å². The summed E-state index contributed by atoms with van der Waals surface area (Å²) in [5.41, 5.74) is -3.64. The number of aryl methyl sites for hydroxylation is 1. The number of rotatable bonds is 4. The minimum atomic E-state index is -4.32. The zero-order chi connectivity index (χ0) is 13.1. The first-order valence-corrected chi connectivity index (χ1v) is 6.15. The van der Waals surface area contributed by atoms with Crippen molar-refractivity contribution in [3.8, 4) is 0 Å². The molecule has 0 aromatic heterocycles. The Balaban J connectivity index is 2.76. The van der Waals surface area contributed by atoms with Crippen molar-refractivity contribution in [1.82, 2.24) is 0 Å². The van der Waals surface area contributed by atoms with Crippen molar-refractivity contribution in [1.29, 1.82) is 0 Å². The highest BCUT2D eigenvalue weighted by Gasteiger charge is 2.29. The lowest BCUT2D eigenvalue weighted by Crippen LogP contribution is -2.00. The zero-order valence-corrected chi connectivity index (χ0v) is 10.8. The Morgan fingerprint density at radius 1 is 1.41 bits per heavy atom. The van der Waals surface area contributed by atoms with Crippen LogP contribution < -0.4 is 0 Å². The molecule has 0 heterocycles. The number of aliphatic carboxylic acids is 1. The molecule has 0 unspecified atom stereocenters. The lowest BCUT2D eigenvalue weighted by Gasteiger charge is -2.08. The lowest BCUT2D eigenvalue weighted by molar-refractivity contribution is -0.136. The van der Waals surface area contributed by atoms with E-state index >= 15 is 0 Å². The molecule has 17 heavy (non-hydrogen) atoms. The molecular formula is C10H8BrF3O2S. The lowest BCUT2D eigenvalue weighted by atomic mass is 10.1. The van der Waals surface area contributed by atoms with E-state index < -0.39 is 11.5 Å². The summed E-state index contributed by atoms with van der Waals surface area (Å²) < 4.78 is 36.8. The van der Waals surface area contributed by atoms with Crippen LogP contribution in [0.4, 0.5) is 13.2 Å². The van der Waals surface area contributed by atoms with Gasteiger partial charge in [0.05, 0.1) is 0 Å². The Morgan fingerprint density at radius 3 is 2.53 bits per heavy atom. The van der Waals surface area contributed by atoms with E-state index in [4.69, 9.17) is 5.11 Å². The topological polar surface area (TPSA) is 37.3 Å². The van der Waals surface area contributed by atoms with Gasteiger partial charge in [0, 0.05) is 15.8 Å². The van der Waals surface area contributed by atoms with Crippen LogP contribution in [0.2, 0.25) is 0 Å². The molecule has 1 rings (SSSR count). The molecule has 0 fully saturated rings. The van der Waals surface area contributed by atoms with Gasteiger partial charge in [-0.3, -0.25) is 4.79 Å². The standard InChI is InChI=1S/C10H8BrF3O2S/c11-8-5-7(17-10(12,13)14)3-1-6(8)2-4-9(15)16/h1,3,5H,2,4H2,(H,15,16). The van der Waals surface area contributed by atoms with Gasteiger partial charge >= 0.3 is 11.5 Å². The smallest absolute Gasteiger partial charge is 0.446 e. The SMILES string of the molecule is O=C(O)CCc1ccc(SC(F)(F)F)cc1Br. The van der Waals surface area contributed by atoms with Crippen molar-refractivity contribution in [2.24, 2.45) is 0 Å². The Kier molecular flexibility index (Phi) is 4.88. The molecule has 1 aromatic rings. The summed E-state index contributed by atoms with van der Waals surface area (Å²) in [6.45, 7) is 0. The summed E-state index contributed by atoms with van der Waals surface area (Å²) >= 11 is 2.93. The molecular weight excluding hydrogens is 321 g/mol. The predicted octanol–water partition coefficient (Wildman–Crippen LogP) is 4.08. The molecule has 0 atom stereocenters. The molecule has 0 bridgehead atoms. The number of halogens is 4. The van der Waals surface area contributed by atoms with Gasteiger partial charge < -0.3 is 5.11 Å². The van der Waals surface area contributed by atoms with Crippen molar-refractivity contribution in [2.75, 3.05) is 0 Å². The van der Waals surface area contributed by atoms with Gasteiger partial charge in [-0.25, -0.2) is 0 Å². The first-order chi connectivity index (χ1) is 7.78. The van der Waals surface area contributed by atoms with Crippen LogP contribution in [-0.2, 0) is 11.2 Å². The van der Waals surface area contributed by atoms with Crippen LogP contribution in [0.15, 0.2) is 27.6 Å². The van der Waals surface area contributed by atoms with E-state index in [1.807, 2.05) is 0 Å². The van der Waals surface area contributed by atoms with E-state index in [0.29, 0.717) is 10.0 Å². The molecule has 0 saturated carbocycles. The predicted molar refractivity (Wildman–Crippen MR) is 62.0 cm³/mol. The van der Waals surface area contributed by atoms with Crippen molar-refractivity contribution < 1.29 is 23.1 Å². The maximum absolute atomic E-state index is 12.1. The molecule has 0 aliphatic heterocycles. The van der Waals surface area contributed by atoms with Crippen LogP contribution in [0.5, 0.6) is 0 Å². The second-order valence-electron chi connectivity index (χ2n) is 3.19. The van der Waals surface area contributed by atoms with Crippen molar-refractivity contribution in [3.63, 3.8) is 0 Å². The van der Waals surface area contributed by atoms with Gasteiger partial charge in [-0.05, 0) is 35.9 Å². The molecule has 1 aromatic carbocycles. The van der Waals surface area contributed by atoms with E-state index in [1.165, 1.54) is 18.2 Å². The third kappa shape index (κ3) is 5.45.